The van der Waals surface area contributed by atoms with Crippen LogP contribution in [0.15, 0.2) is 0 Å². The molecule has 2 aliphatic rings. The first-order valence-electron chi connectivity index (χ1n) is 8.33. The Balaban J connectivity index is 2.02. The number of rotatable bonds is 5. The fourth-order valence-corrected chi connectivity index (χ4v) is 4.33. The molecule has 2 saturated carbocycles. The van der Waals surface area contributed by atoms with E-state index < -0.39 is 5.54 Å². The molecule has 1 N–H and O–H groups in total. The predicted octanol–water partition coefficient (Wildman–Crippen LogP) is 3.67. The minimum atomic E-state index is -0.537. The van der Waals surface area contributed by atoms with E-state index in [1.54, 1.807) is 0 Å². The molecule has 3 heteroatoms. The van der Waals surface area contributed by atoms with Crippen molar-refractivity contribution >= 4 is 5.97 Å². The molecule has 0 amide bonds. The van der Waals surface area contributed by atoms with Crippen LogP contribution in [0.25, 0.3) is 0 Å². The number of carbonyl (C=O) groups is 1. The summed E-state index contributed by atoms with van der Waals surface area (Å²) in [5, 5.41) is 3.16. The summed E-state index contributed by atoms with van der Waals surface area (Å²) < 4.78 is 6.02. The number of likely N-dealkylation sites (N-methyl/N-ethyl adjacent to an activating group) is 1. The highest BCUT2D eigenvalue weighted by molar-refractivity contribution is 5.80. The van der Waals surface area contributed by atoms with E-state index in [4.69, 9.17) is 4.74 Å². The Morgan fingerprint density at radius 3 is 2.45 bits per heavy atom. The number of nitrogens with one attached hydrogen (secondary N) is 1. The predicted molar refractivity (Wildman–Crippen MR) is 81.6 cm³/mol. The van der Waals surface area contributed by atoms with Gasteiger partial charge in [0.1, 0.15) is 11.1 Å². The molecule has 2 rings (SSSR count). The molecule has 0 aromatic rings. The Hall–Kier alpha value is -0.570. The molecular weight excluding hydrogens is 250 g/mol. The largest absolute Gasteiger partial charge is 0.458 e. The third-order valence-corrected chi connectivity index (χ3v) is 5.42. The molecule has 0 heterocycles. The zero-order valence-corrected chi connectivity index (χ0v) is 13.6. The second-order valence-electron chi connectivity index (χ2n) is 7.48. The smallest absolute Gasteiger partial charge is 0.326 e. The summed E-state index contributed by atoms with van der Waals surface area (Å²) in [4.78, 5) is 12.6. The highest BCUT2D eigenvalue weighted by Gasteiger charge is 2.44. The monoisotopic (exact) mass is 281 g/mol. The van der Waals surface area contributed by atoms with Crippen LogP contribution in [0.4, 0.5) is 0 Å². The quantitative estimate of drug-likeness (QED) is 0.781. The van der Waals surface area contributed by atoms with E-state index in [0.29, 0.717) is 0 Å². The van der Waals surface area contributed by atoms with Crippen LogP contribution < -0.4 is 5.32 Å². The van der Waals surface area contributed by atoms with E-state index >= 15 is 0 Å². The van der Waals surface area contributed by atoms with Crippen molar-refractivity contribution in [3.63, 3.8) is 0 Å². The van der Waals surface area contributed by atoms with Gasteiger partial charge in [0.15, 0.2) is 0 Å². The van der Waals surface area contributed by atoms with Gasteiger partial charge in [0.05, 0.1) is 0 Å². The van der Waals surface area contributed by atoms with Crippen molar-refractivity contribution in [2.24, 2.45) is 11.8 Å². The maximum Gasteiger partial charge on any atom is 0.326 e. The van der Waals surface area contributed by atoms with Gasteiger partial charge in [-0.25, -0.2) is 0 Å². The van der Waals surface area contributed by atoms with Crippen molar-refractivity contribution in [1.29, 1.82) is 0 Å². The van der Waals surface area contributed by atoms with E-state index in [0.717, 1.165) is 37.5 Å². The molecule has 0 aromatic carbocycles. The van der Waals surface area contributed by atoms with Crippen molar-refractivity contribution in [3.8, 4) is 0 Å². The molecule has 0 aliphatic heterocycles. The molecule has 116 valence electrons. The molecule has 0 spiro atoms. The first-order valence-corrected chi connectivity index (χ1v) is 8.33. The number of hydrogen-bond donors (Lipinski definition) is 1. The molecular formula is C17H31NO2. The van der Waals surface area contributed by atoms with Gasteiger partial charge in [0.2, 0.25) is 0 Å². The summed E-state index contributed by atoms with van der Waals surface area (Å²) >= 11 is 0. The number of fused-ring (bicyclic) bond motifs is 2. The van der Waals surface area contributed by atoms with Gasteiger partial charge in [-0.2, -0.15) is 0 Å². The summed E-state index contributed by atoms with van der Waals surface area (Å²) in [5.41, 5.74) is -0.777. The standard InChI is InChI=1S/C17H31NO2/c1-5-9-17(3,18-4)15(19)20-16(2)11-13-7-6-8-14(10-13)12-16/h13-14,18H,5-12H2,1-4H3. The number of carbonyl (C=O) groups excluding carboxylic acids is 1. The van der Waals surface area contributed by atoms with Crippen LogP contribution in [0, 0.1) is 11.8 Å². The van der Waals surface area contributed by atoms with E-state index in [1.807, 2.05) is 14.0 Å². The zero-order valence-electron chi connectivity index (χ0n) is 13.6. The van der Waals surface area contributed by atoms with Crippen molar-refractivity contribution < 1.29 is 9.53 Å². The van der Waals surface area contributed by atoms with E-state index in [-0.39, 0.29) is 11.6 Å². The van der Waals surface area contributed by atoms with Gasteiger partial charge in [0, 0.05) is 0 Å². The van der Waals surface area contributed by atoms with Crippen molar-refractivity contribution in [3.05, 3.63) is 0 Å². The maximum atomic E-state index is 12.6. The number of hydrogen-bond acceptors (Lipinski definition) is 3. The van der Waals surface area contributed by atoms with E-state index in [9.17, 15) is 4.79 Å². The van der Waals surface area contributed by atoms with Crippen LogP contribution >= 0.6 is 0 Å². The Kier molecular flexibility index (Phi) is 4.78. The van der Waals surface area contributed by atoms with Crippen LogP contribution in [0.3, 0.4) is 0 Å². The highest BCUT2D eigenvalue weighted by atomic mass is 16.6. The molecule has 2 bridgehead atoms. The summed E-state index contributed by atoms with van der Waals surface area (Å²) in [6, 6.07) is 0. The number of ether oxygens (including phenoxy) is 1. The normalized spacial score (nSPS) is 36.2. The van der Waals surface area contributed by atoms with Crippen LogP contribution in [-0.2, 0) is 9.53 Å². The Morgan fingerprint density at radius 1 is 1.35 bits per heavy atom. The molecule has 20 heavy (non-hydrogen) atoms. The van der Waals surface area contributed by atoms with Crippen LogP contribution in [0.1, 0.15) is 72.1 Å². The first kappa shape index (κ1) is 15.8. The van der Waals surface area contributed by atoms with E-state index in [2.05, 4.69) is 19.2 Å². The minimum absolute atomic E-state index is 0.0654. The molecule has 3 unspecified atom stereocenters. The summed E-state index contributed by atoms with van der Waals surface area (Å²) in [5.74, 6) is 1.48. The van der Waals surface area contributed by atoms with Gasteiger partial charge in [-0.1, -0.05) is 32.6 Å². The molecule has 3 atom stereocenters. The fraction of sp³-hybridized carbons (Fsp3) is 0.941. The van der Waals surface area contributed by atoms with Crippen LogP contribution in [0.2, 0.25) is 0 Å². The molecule has 2 aliphatic carbocycles. The van der Waals surface area contributed by atoms with Gasteiger partial charge in [0.25, 0.3) is 0 Å². The van der Waals surface area contributed by atoms with Crippen molar-refractivity contribution in [1.82, 2.24) is 5.32 Å². The summed E-state index contributed by atoms with van der Waals surface area (Å²) in [6.45, 7) is 6.22. The van der Waals surface area contributed by atoms with Crippen molar-refractivity contribution in [2.75, 3.05) is 7.05 Å². The lowest BCUT2D eigenvalue weighted by molar-refractivity contribution is -0.174. The van der Waals surface area contributed by atoms with Crippen LogP contribution in [-0.4, -0.2) is 24.2 Å². The molecule has 0 saturated heterocycles. The Morgan fingerprint density at radius 2 is 1.95 bits per heavy atom. The summed E-state index contributed by atoms with van der Waals surface area (Å²) in [7, 11) is 1.86. The van der Waals surface area contributed by atoms with Crippen LogP contribution in [0.5, 0.6) is 0 Å². The average Bonchev–Trinajstić information content (AvgIpc) is 2.37. The Bertz CT molecular complexity index is 343. The first-order chi connectivity index (χ1) is 9.41. The second kappa shape index (κ2) is 6.05. The lowest BCUT2D eigenvalue weighted by atomic mass is 9.66. The van der Waals surface area contributed by atoms with Gasteiger partial charge >= 0.3 is 5.97 Å². The SMILES string of the molecule is CCCC(C)(NC)C(=O)OC1(C)CC2CCCC(C2)C1. The lowest BCUT2D eigenvalue weighted by Gasteiger charge is -2.46. The average molecular weight is 281 g/mol. The van der Waals surface area contributed by atoms with Gasteiger partial charge in [-0.15, -0.1) is 0 Å². The highest BCUT2D eigenvalue weighted by Crippen LogP contribution is 2.46. The molecule has 3 nitrogen and oxygen atoms in total. The minimum Gasteiger partial charge on any atom is -0.458 e. The third kappa shape index (κ3) is 3.36. The van der Waals surface area contributed by atoms with Gasteiger partial charge < -0.3 is 10.1 Å². The Labute approximate surface area is 123 Å². The topological polar surface area (TPSA) is 38.3 Å². The summed E-state index contributed by atoms with van der Waals surface area (Å²) in [6.07, 6.45) is 9.28. The lowest BCUT2D eigenvalue weighted by Crippen LogP contribution is -2.53. The van der Waals surface area contributed by atoms with Gasteiger partial charge in [-0.05, 0) is 58.4 Å². The van der Waals surface area contributed by atoms with Crippen molar-refractivity contribution in [2.45, 2.75) is 83.3 Å². The number of esters is 1. The molecule has 0 radical (unpaired) electrons. The van der Waals surface area contributed by atoms with Gasteiger partial charge in [-0.3, -0.25) is 4.79 Å². The molecule has 0 aromatic heterocycles. The third-order valence-electron chi connectivity index (χ3n) is 5.42. The fourth-order valence-electron chi connectivity index (χ4n) is 4.33. The van der Waals surface area contributed by atoms with E-state index in [1.165, 1.54) is 25.7 Å². The molecule has 2 fully saturated rings. The zero-order chi connectivity index (χ0) is 14.8. The maximum absolute atomic E-state index is 12.6. The second-order valence-corrected chi connectivity index (χ2v) is 7.48.